The SMILES string of the molecule is CC.Cc1cc(C(=O)Nc2cc(Oc3ccc4nc(N)cn4n3)ccc2C)n(C)n1. The molecule has 0 radical (unpaired) electrons. The van der Waals surface area contributed by atoms with Crippen molar-refractivity contribution in [3.63, 3.8) is 0 Å². The van der Waals surface area contributed by atoms with Gasteiger partial charge in [-0.1, -0.05) is 19.9 Å². The quantitative estimate of drug-likeness (QED) is 0.533. The average Bonchev–Trinajstić information content (AvgIpc) is 3.25. The molecule has 1 amide bonds. The molecule has 4 aromatic rings. The number of fused-ring (bicyclic) bond motifs is 1. The molecule has 3 heterocycles. The van der Waals surface area contributed by atoms with E-state index in [1.807, 2.05) is 39.8 Å². The second kappa shape index (κ2) is 8.64. The molecule has 0 unspecified atom stereocenters. The van der Waals surface area contributed by atoms with E-state index in [0.717, 1.165) is 11.3 Å². The first kappa shape index (κ1) is 20.8. The zero-order chi connectivity index (χ0) is 21.8. The van der Waals surface area contributed by atoms with Gasteiger partial charge in [-0.2, -0.15) is 5.10 Å². The Morgan fingerprint density at radius 3 is 2.57 bits per heavy atom. The van der Waals surface area contributed by atoms with E-state index in [1.165, 1.54) is 0 Å². The minimum absolute atomic E-state index is 0.239. The van der Waals surface area contributed by atoms with Gasteiger partial charge in [0.25, 0.3) is 5.91 Å². The van der Waals surface area contributed by atoms with Crippen LogP contribution in [0.1, 0.15) is 35.6 Å². The largest absolute Gasteiger partial charge is 0.438 e. The molecular formula is C21H25N7O2. The molecule has 3 N–H and O–H groups in total. The van der Waals surface area contributed by atoms with E-state index in [4.69, 9.17) is 10.5 Å². The smallest absolute Gasteiger partial charge is 0.273 e. The number of carbonyl (C=O) groups is 1. The Morgan fingerprint density at radius 1 is 1.10 bits per heavy atom. The fourth-order valence-corrected chi connectivity index (χ4v) is 2.87. The van der Waals surface area contributed by atoms with Crippen LogP contribution in [0.5, 0.6) is 11.6 Å². The fourth-order valence-electron chi connectivity index (χ4n) is 2.87. The van der Waals surface area contributed by atoms with Crippen LogP contribution in [0, 0.1) is 13.8 Å². The molecule has 0 aliphatic carbocycles. The predicted molar refractivity (Wildman–Crippen MR) is 116 cm³/mol. The molecule has 3 aromatic heterocycles. The van der Waals surface area contributed by atoms with Gasteiger partial charge in [-0.15, -0.1) is 5.10 Å². The second-order valence-electron chi connectivity index (χ2n) is 6.47. The van der Waals surface area contributed by atoms with Crippen LogP contribution in [0.25, 0.3) is 5.65 Å². The van der Waals surface area contributed by atoms with E-state index >= 15 is 0 Å². The van der Waals surface area contributed by atoms with Crippen LogP contribution in [0.4, 0.5) is 11.5 Å². The number of carbonyl (C=O) groups excluding carboxylic acids is 1. The highest BCUT2D eigenvalue weighted by Crippen LogP contribution is 2.26. The number of rotatable bonds is 4. The van der Waals surface area contributed by atoms with Crippen LogP contribution in [0.3, 0.4) is 0 Å². The van der Waals surface area contributed by atoms with Gasteiger partial charge in [0.05, 0.1) is 11.9 Å². The Bertz CT molecular complexity index is 1190. The summed E-state index contributed by atoms with van der Waals surface area (Å²) in [4.78, 5) is 16.7. The lowest BCUT2D eigenvalue weighted by Crippen LogP contribution is -2.16. The number of nitrogens with two attached hydrogens (primary N) is 1. The number of amides is 1. The lowest BCUT2D eigenvalue weighted by molar-refractivity contribution is 0.101. The van der Waals surface area contributed by atoms with Crippen LogP contribution >= 0.6 is 0 Å². The number of ether oxygens (including phenoxy) is 1. The highest BCUT2D eigenvalue weighted by atomic mass is 16.5. The molecule has 30 heavy (non-hydrogen) atoms. The average molecular weight is 407 g/mol. The van der Waals surface area contributed by atoms with E-state index in [0.29, 0.717) is 34.5 Å². The number of nitrogen functional groups attached to an aromatic ring is 1. The van der Waals surface area contributed by atoms with E-state index in [9.17, 15) is 4.79 Å². The number of aryl methyl sites for hydroxylation is 3. The molecule has 0 saturated heterocycles. The van der Waals surface area contributed by atoms with Gasteiger partial charge in [-0.05, 0) is 37.6 Å². The van der Waals surface area contributed by atoms with Crippen molar-refractivity contribution in [2.75, 3.05) is 11.1 Å². The monoisotopic (exact) mass is 407 g/mol. The van der Waals surface area contributed by atoms with Crippen molar-refractivity contribution in [1.82, 2.24) is 24.4 Å². The first-order chi connectivity index (χ1) is 14.4. The standard InChI is InChI=1S/C19H19N7O2.C2H6/c1-11-4-5-13(28-18-7-6-17-22-16(20)10-26(17)24-18)9-14(11)21-19(27)15-8-12(2)23-25(15)3;1-2/h4-10H,20H2,1-3H3,(H,21,27);1-2H3. The number of nitrogens with zero attached hydrogens (tertiary/aromatic N) is 5. The minimum Gasteiger partial charge on any atom is -0.438 e. The maximum Gasteiger partial charge on any atom is 0.273 e. The van der Waals surface area contributed by atoms with Crippen molar-refractivity contribution in [2.45, 2.75) is 27.7 Å². The molecule has 0 bridgehead atoms. The highest BCUT2D eigenvalue weighted by Gasteiger charge is 2.14. The van der Waals surface area contributed by atoms with Gasteiger partial charge in [-0.3, -0.25) is 9.48 Å². The van der Waals surface area contributed by atoms with Crippen LogP contribution in [0.2, 0.25) is 0 Å². The molecule has 0 aliphatic rings. The van der Waals surface area contributed by atoms with Crippen LogP contribution < -0.4 is 15.8 Å². The number of aromatic nitrogens is 5. The maximum atomic E-state index is 12.6. The Labute approximate surface area is 174 Å². The maximum absolute atomic E-state index is 12.6. The number of hydrogen-bond acceptors (Lipinski definition) is 6. The Kier molecular flexibility index (Phi) is 6.01. The van der Waals surface area contributed by atoms with Crippen molar-refractivity contribution >= 4 is 23.1 Å². The van der Waals surface area contributed by atoms with Crippen LogP contribution in [0.15, 0.2) is 42.6 Å². The van der Waals surface area contributed by atoms with Gasteiger partial charge in [0.15, 0.2) is 5.65 Å². The summed E-state index contributed by atoms with van der Waals surface area (Å²) >= 11 is 0. The summed E-state index contributed by atoms with van der Waals surface area (Å²) in [6, 6.07) is 10.6. The highest BCUT2D eigenvalue weighted by molar-refractivity contribution is 6.03. The molecule has 156 valence electrons. The summed E-state index contributed by atoms with van der Waals surface area (Å²) in [6.45, 7) is 7.75. The van der Waals surface area contributed by atoms with Gasteiger partial charge in [-0.25, -0.2) is 9.50 Å². The molecule has 9 heteroatoms. The number of anilines is 2. The van der Waals surface area contributed by atoms with Crippen LogP contribution in [-0.4, -0.2) is 30.3 Å². The lowest BCUT2D eigenvalue weighted by Gasteiger charge is -2.11. The summed E-state index contributed by atoms with van der Waals surface area (Å²) in [7, 11) is 1.74. The van der Waals surface area contributed by atoms with E-state index in [1.54, 1.807) is 46.7 Å². The molecule has 0 saturated carbocycles. The van der Waals surface area contributed by atoms with Crippen molar-refractivity contribution in [1.29, 1.82) is 0 Å². The molecule has 0 fully saturated rings. The molecule has 4 rings (SSSR count). The van der Waals surface area contributed by atoms with Gasteiger partial charge in [0.2, 0.25) is 5.88 Å². The Balaban J connectivity index is 0.00000124. The van der Waals surface area contributed by atoms with Crippen molar-refractivity contribution < 1.29 is 9.53 Å². The molecular weight excluding hydrogens is 382 g/mol. The number of imidazole rings is 1. The molecule has 1 aromatic carbocycles. The third-order valence-electron chi connectivity index (χ3n) is 4.23. The van der Waals surface area contributed by atoms with Gasteiger partial charge in [0, 0.05) is 24.9 Å². The first-order valence-corrected chi connectivity index (χ1v) is 9.61. The van der Waals surface area contributed by atoms with Crippen molar-refractivity contribution in [2.24, 2.45) is 7.05 Å². The van der Waals surface area contributed by atoms with Gasteiger partial charge in [0.1, 0.15) is 17.3 Å². The van der Waals surface area contributed by atoms with E-state index < -0.39 is 0 Å². The molecule has 0 atom stereocenters. The summed E-state index contributed by atoms with van der Waals surface area (Å²) in [5, 5.41) is 11.4. The summed E-state index contributed by atoms with van der Waals surface area (Å²) in [6.07, 6.45) is 1.61. The lowest BCUT2D eigenvalue weighted by atomic mass is 10.2. The zero-order valence-corrected chi connectivity index (χ0v) is 17.7. The summed E-state index contributed by atoms with van der Waals surface area (Å²) < 4.78 is 8.94. The molecule has 9 nitrogen and oxygen atoms in total. The number of nitrogens with one attached hydrogen (secondary N) is 1. The second-order valence-corrected chi connectivity index (χ2v) is 6.47. The van der Waals surface area contributed by atoms with Crippen LogP contribution in [-0.2, 0) is 7.05 Å². The molecule has 0 aliphatic heterocycles. The number of benzene rings is 1. The zero-order valence-electron chi connectivity index (χ0n) is 17.7. The van der Waals surface area contributed by atoms with Gasteiger partial charge >= 0.3 is 0 Å². The third-order valence-corrected chi connectivity index (χ3v) is 4.23. The number of hydrogen-bond donors (Lipinski definition) is 2. The normalized spacial score (nSPS) is 10.4. The first-order valence-electron chi connectivity index (χ1n) is 9.61. The molecule has 0 spiro atoms. The minimum atomic E-state index is -0.239. The van der Waals surface area contributed by atoms with E-state index in [-0.39, 0.29) is 5.91 Å². The third kappa shape index (κ3) is 4.40. The Hall–Kier alpha value is -3.88. The Morgan fingerprint density at radius 2 is 1.87 bits per heavy atom. The predicted octanol–water partition coefficient (Wildman–Crippen LogP) is 3.73. The fraction of sp³-hybridized carbons (Fsp3) is 0.238. The van der Waals surface area contributed by atoms with Crippen molar-refractivity contribution in [3.05, 3.63) is 59.5 Å². The van der Waals surface area contributed by atoms with E-state index in [2.05, 4.69) is 20.5 Å². The van der Waals surface area contributed by atoms with Gasteiger partial charge < -0.3 is 15.8 Å². The summed E-state index contributed by atoms with van der Waals surface area (Å²) in [5.74, 6) is 1.07. The summed E-state index contributed by atoms with van der Waals surface area (Å²) in [5.41, 5.74) is 9.13. The topological polar surface area (TPSA) is 112 Å². The van der Waals surface area contributed by atoms with Crippen molar-refractivity contribution in [3.8, 4) is 11.6 Å².